The fraction of sp³-hybridized carbons (Fsp3) is 0.556. The van der Waals surface area contributed by atoms with Crippen LogP contribution in [-0.2, 0) is 4.74 Å². The number of ether oxygens (including phenoxy) is 1. The van der Waals surface area contributed by atoms with E-state index in [4.69, 9.17) is 15.5 Å². The first-order chi connectivity index (χ1) is 17.6. The van der Waals surface area contributed by atoms with Gasteiger partial charge in [-0.2, -0.15) is 4.98 Å². The molecule has 3 aromatic heterocycles. The molecule has 2 fully saturated rings. The van der Waals surface area contributed by atoms with Crippen molar-refractivity contribution in [2.45, 2.75) is 66.2 Å². The molecule has 0 bridgehead atoms. The lowest BCUT2D eigenvalue weighted by molar-refractivity contribution is -0.0794. The molecular formula is C27H39FN8O. The molecule has 0 amide bonds. The van der Waals surface area contributed by atoms with E-state index in [9.17, 15) is 4.39 Å². The molecule has 0 spiro atoms. The number of hydrogen-bond acceptors (Lipinski definition) is 8. The van der Waals surface area contributed by atoms with Crippen LogP contribution < -0.4 is 11.1 Å². The number of rotatable bonds is 5. The molecule has 1 unspecified atom stereocenters. The van der Waals surface area contributed by atoms with Gasteiger partial charge in [0, 0.05) is 30.6 Å². The van der Waals surface area contributed by atoms with Gasteiger partial charge in [-0.25, -0.2) is 8.91 Å². The van der Waals surface area contributed by atoms with Crippen molar-refractivity contribution in [1.82, 2.24) is 24.5 Å². The van der Waals surface area contributed by atoms with Gasteiger partial charge in [-0.1, -0.05) is 20.8 Å². The van der Waals surface area contributed by atoms with Gasteiger partial charge in [-0.3, -0.25) is 14.9 Å². The highest BCUT2D eigenvalue weighted by Crippen LogP contribution is 2.30. The van der Waals surface area contributed by atoms with Crippen LogP contribution in [0, 0.1) is 12.8 Å². The number of aliphatic imine (C=N–C) groups is 1. The van der Waals surface area contributed by atoms with E-state index in [1.165, 1.54) is 0 Å². The molecule has 9 nitrogen and oxygen atoms in total. The van der Waals surface area contributed by atoms with Crippen LogP contribution in [0.3, 0.4) is 0 Å². The summed E-state index contributed by atoms with van der Waals surface area (Å²) >= 11 is 0. The SMILES string of the molecule is CC(C)=Nc1ccc(-c2ccn3nc(NC4CCN(C5COC5)C[C@@H]4F)nc(N)c23)nc1C.CC(C)C. The molecule has 2 atom stereocenters. The minimum absolute atomic E-state index is 0.318. The van der Waals surface area contributed by atoms with Crippen molar-refractivity contribution in [1.29, 1.82) is 0 Å². The second-order valence-corrected chi connectivity index (χ2v) is 10.7. The van der Waals surface area contributed by atoms with Crippen molar-refractivity contribution in [3.63, 3.8) is 0 Å². The molecule has 5 rings (SSSR count). The molecule has 3 aromatic rings. The Hall–Kier alpha value is -3.11. The van der Waals surface area contributed by atoms with E-state index < -0.39 is 6.17 Å². The Bertz CT molecular complexity index is 1250. The van der Waals surface area contributed by atoms with Crippen LogP contribution in [0.15, 0.2) is 29.4 Å². The molecule has 5 heterocycles. The number of nitrogens with two attached hydrogens (primary N) is 1. The number of aromatic nitrogens is 4. The Morgan fingerprint density at radius 1 is 1.19 bits per heavy atom. The van der Waals surface area contributed by atoms with Crippen LogP contribution in [0.4, 0.5) is 21.8 Å². The first kappa shape index (κ1) is 26.9. The van der Waals surface area contributed by atoms with Crippen molar-refractivity contribution in [3.8, 4) is 11.3 Å². The van der Waals surface area contributed by atoms with Crippen molar-refractivity contribution < 1.29 is 9.13 Å². The highest BCUT2D eigenvalue weighted by molar-refractivity contribution is 5.87. The molecule has 37 heavy (non-hydrogen) atoms. The van der Waals surface area contributed by atoms with E-state index in [0.717, 1.165) is 40.8 Å². The summed E-state index contributed by atoms with van der Waals surface area (Å²) in [6, 6.07) is 5.77. The molecule has 0 radical (unpaired) electrons. The predicted molar refractivity (Wildman–Crippen MR) is 147 cm³/mol. The van der Waals surface area contributed by atoms with Crippen LogP contribution >= 0.6 is 0 Å². The number of nitrogen functional groups attached to an aromatic ring is 1. The van der Waals surface area contributed by atoms with Crippen LogP contribution in [-0.4, -0.2) is 74.8 Å². The number of aryl methyl sites for hydroxylation is 1. The summed E-state index contributed by atoms with van der Waals surface area (Å²) < 4.78 is 21.7. The number of fused-ring (bicyclic) bond motifs is 1. The van der Waals surface area contributed by atoms with Crippen molar-refractivity contribution >= 4 is 28.7 Å². The van der Waals surface area contributed by atoms with Gasteiger partial charge in [0.15, 0.2) is 5.82 Å². The predicted octanol–water partition coefficient (Wildman–Crippen LogP) is 4.68. The van der Waals surface area contributed by atoms with Gasteiger partial charge in [-0.15, -0.1) is 5.10 Å². The lowest BCUT2D eigenvalue weighted by Gasteiger charge is -2.42. The Morgan fingerprint density at radius 3 is 2.51 bits per heavy atom. The summed E-state index contributed by atoms with van der Waals surface area (Å²) in [5.74, 6) is 1.47. The van der Waals surface area contributed by atoms with Gasteiger partial charge in [0.05, 0.1) is 42.4 Å². The van der Waals surface area contributed by atoms with E-state index in [-0.39, 0.29) is 6.04 Å². The summed E-state index contributed by atoms with van der Waals surface area (Å²) in [6.07, 6.45) is 1.48. The van der Waals surface area contributed by atoms with Crippen LogP contribution in [0.25, 0.3) is 16.8 Å². The summed E-state index contributed by atoms with van der Waals surface area (Å²) in [5.41, 5.74) is 11.3. The largest absolute Gasteiger partial charge is 0.382 e. The number of likely N-dealkylation sites (tertiary alicyclic amines) is 1. The zero-order chi connectivity index (χ0) is 26.7. The summed E-state index contributed by atoms with van der Waals surface area (Å²) in [7, 11) is 0. The first-order valence-electron chi connectivity index (χ1n) is 13.0. The smallest absolute Gasteiger partial charge is 0.243 e. The molecule has 10 heteroatoms. The minimum Gasteiger partial charge on any atom is -0.382 e. The third-order valence-electron chi connectivity index (χ3n) is 6.24. The van der Waals surface area contributed by atoms with Gasteiger partial charge < -0.3 is 15.8 Å². The number of hydrogen-bond donors (Lipinski definition) is 2. The van der Waals surface area contributed by atoms with Gasteiger partial charge in [0.2, 0.25) is 5.95 Å². The van der Waals surface area contributed by atoms with Gasteiger partial charge in [-0.05, 0) is 51.3 Å². The Labute approximate surface area is 218 Å². The maximum atomic E-state index is 14.8. The molecule has 2 saturated heterocycles. The molecule has 2 aliphatic rings. The summed E-state index contributed by atoms with van der Waals surface area (Å²) in [4.78, 5) is 15.8. The molecule has 2 aliphatic heterocycles. The fourth-order valence-electron chi connectivity index (χ4n) is 4.41. The highest BCUT2D eigenvalue weighted by Gasteiger charge is 2.35. The molecule has 0 aliphatic carbocycles. The number of pyridine rings is 1. The maximum Gasteiger partial charge on any atom is 0.243 e. The molecule has 0 aromatic carbocycles. The van der Waals surface area contributed by atoms with E-state index in [0.29, 0.717) is 49.5 Å². The zero-order valence-corrected chi connectivity index (χ0v) is 22.7. The van der Waals surface area contributed by atoms with E-state index in [2.05, 4.69) is 46.1 Å². The van der Waals surface area contributed by atoms with Crippen molar-refractivity contribution in [2.24, 2.45) is 10.9 Å². The second-order valence-electron chi connectivity index (χ2n) is 10.7. The van der Waals surface area contributed by atoms with Crippen LogP contribution in [0.2, 0.25) is 0 Å². The Balaban J connectivity index is 0.000000747. The lowest BCUT2D eigenvalue weighted by Crippen LogP contribution is -2.57. The number of alkyl halides is 1. The zero-order valence-electron chi connectivity index (χ0n) is 22.7. The third kappa shape index (κ3) is 6.42. The Kier molecular flexibility index (Phi) is 8.39. The topological polar surface area (TPSA) is 106 Å². The molecule has 3 N–H and O–H groups in total. The first-order valence-corrected chi connectivity index (χ1v) is 13.0. The third-order valence-corrected chi connectivity index (χ3v) is 6.24. The highest BCUT2D eigenvalue weighted by atomic mass is 19.1. The van der Waals surface area contributed by atoms with E-state index >= 15 is 0 Å². The molecule has 200 valence electrons. The number of piperidine rings is 1. The second kappa shape index (κ2) is 11.5. The van der Waals surface area contributed by atoms with Crippen LogP contribution in [0.1, 0.15) is 46.7 Å². The average Bonchev–Trinajstić information content (AvgIpc) is 3.20. The number of nitrogens with zero attached hydrogens (tertiary/aromatic N) is 6. The van der Waals surface area contributed by atoms with Crippen molar-refractivity contribution in [2.75, 3.05) is 37.4 Å². The van der Waals surface area contributed by atoms with E-state index in [1.54, 1.807) is 4.52 Å². The lowest BCUT2D eigenvalue weighted by atomic mass is 10.0. The average molecular weight is 511 g/mol. The summed E-state index contributed by atoms with van der Waals surface area (Å²) in [6.45, 7) is 14.9. The number of halogens is 1. The number of nitrogens with one attached hydrogen (secondary N) is 1. The Morgan fingerprint density at radius 2 is 1.92 bits per heavy atom. The fourth-order valence-corrected chi connectivity index (χ4v) is 4.41. The quantitative estimate of drug-likeness (QED) is 0.480. The standard InChI is InChI=1S/C23H29FN8O.C4H10/c1-13(2)26-18-4-5-19(27-14(18)3)16-6-9-32-21(16)22(25)29-23(30-32)28-20-7-8-31(10-17(20)24)15-11-33-12-15;1-4(2)3/h4-6,9,15,17,20H,7-8,10-12H2,1-3H3,(H3,25,28,29,30);4H,1-3H3/t17-,20?;/m0./s1. The number of anilines is 2. The van der Waals surface area contributed by atoms with Gasteiger partial charge >= 0.3 is 0 Å². The van der Waals surface area contributed by atoms with Crippen molar-refractivity contribution in [3.05, 3.63) is 30.1 Å². The maximum absolute atomic E-state index is 14.8. The van der Waals surface area contributed by atoms with Gasteiger partial charge in [0.25, 0.3) is 0 Å². The molecule has 0 saturated carbocycles. The summed E-state index contributed by atoms with van der Waals surface area (Å²) in [5, 5.41) is 7.69. The molecular weight excluding hydrogens is 471 g/mol. The van der Waals surface area contributed by atoms with Gasteiger partial charge in [0.1, 0.15) is 11.7 Å². The minimum atomic E-state index is -1.01. The normalized spacial score (nSPS) is 20.3. The van der Waals surface area contributed by atoms with E-state index in [1.807, 2.05) is 45.2 Å². The monoisotopic (exact) mass is 510 g/mol. The van der Waals surface area contributed by atoms with Crippen LogP contribution in [0.5, 0.6) is 0 Å².